The first-order valence-electron chi connectivity index (χ1n) is 6.64. The number of carboxylic acids is 1. The van der Waals surface area contributed by atoms with Crippen molar-refractivity contribution >= 4 is 11.9 Å². The molecule has 0 aromatic carbocycles. The number of rotatable bonds is 2. The maximum absolute atomic E-state index is 12.3. The second-order valence-corrected chi connectivity index (χ2v) is 5.16. The molecule has 19 heavy (non-hydrogen) atoms. The van der Waals surface area contributed by atoms with Crippen molar-refractivity contribution in [1.29, 1.82) is 5.26 Å². The third-order valence-corrected chi connectivity index (χ3v) is 3.95. The highest BCUT2D eigenvalue weighted by Crippen LogP contribution is 2.30. The topological polar surface area (TPSA) is 90.6 Å². The third kappa shape index (κ3) is 3.24. The van der Waals surface area contributed by atoms with E-state index in [1.807, 2.05) is 6.07 Å². The average molecular weight is 266 g/mol. The van der Waals surface area contributed by atoms with Gasteiger partial charge < -0.3 is 14.7 Å². The molecule has 0 spiro atoms. The molecule has 1 unspecified atom stereocenters. The third-order valence-electron chi connectivity index (χ3n) is 3.95. The number of hydrogen-bond acceptors (Lipinski definition) is 4. The molecule has 1 heterocycles. The van der Waals surface area contributed by atoms with Crippen molar-refractivity contribution in [3.63, 3.8) is 0 Å². The zero-order valence-corrected chi connectivity index (χ0v) is 10.7. The minimum Gasteiger partial charge on any atom is -0.481 e. The Balaban J connectivity index is 1.87. The number of nitrogens with zero attached hydrogens (tertiary/aromatic N) is 2. The summed E-state index contributed by atoms with van der Waals surface area (Å²) < 4.78 is 5.21. The van der Waals surface area contributed by atoms with Crippen LogP contribution in [0.3, 0.4) is 0 Å². The van der Waals surface area contributed by atoms with Gasteiger partial charge in [-0.25, -0.2) is 0 Å². The van der Waals surface area contributed by atoms with Crippen LogP contribution in [0.4, 0.5) is 0 Å². The lowest BCUT2D eigenvalue weighted by Gasteiger charge is -2.34. The summed E-state index contributed by atoms with van der Waals surface area (Å²) >= 11 is 0. The first-order chi connectivity index (χ1) is 9.11. The lowest BCUT2D eigenvalue weighted by molar-refractivity contribution is -0.147. The Morgan fingerprint density at radius 1 is 1.21 bits per heavy atom. The summed E-state index contributed by atoms with van der Waals surface area (Å²) in [6, 6.07) is 2.02. The van der Waals surface area contributed by atoms with E-state index < -0.39 is 12.1 Å². The normalized spacial score (nSPS) is 31.5. The quantitative estimate of drug-likeness (QED) is 0.791. The molecule has 1 saturated carbocycles. The Labute approximate surface area is 111 Å². The van der Waals surface area contributed by atoms with E-state index in [1.165, 1.54) is 0 Å². The SMILES string of the molecule is N#CC1CN(C(=O)C2CCC(C(=O)O)CC2)CCO1. The number of aliphatic carboxylic acids is 1. The van der Waals surface area contributed by atoms with Gasteiger partial charge in [0, 0.05) is 12.5 Å². The number of hydrogen-bond donors (Lipinski definition) is 1. The number of carbonyl (C=O) groups is 2. The first kappa shape index (κ1) is 13.8. The van der Waals surface area contributed by atoms with Gasteiger partial charge in [-0.3, -0.25) is 9.59 Å². The molecule has 0 radical (unpaired) electrons. The van der Waals surface area contributed by atoms with E-state index in [0.29, 0.717) is 45.4 Å². The number of amides is 1. The molecule has 0 aromatic heterocycles. The first-order valence-corrected chi connectivity index (χ1v) is 6.64. The molecule has 1 aliphatic carbocycles. The molecule has 2 rings (SSSR count). The molecule has 1 amide bonds. The largest absolute Gasteiger partial charge is 0.481 e. The van der Waals surface area contributed by atoms with Crippen molar-refractivity contribution in [2.75, 3.05) is 19.7 Å². The lowest BCUT2D eigenvalue weighted by Crippen LogP contribution is -2.48. The van der Waals surface area contributed by atoms with Crippen molar-refractivity contribution in [3.8, 4) is 6.07 Å². The molecule has 1 saturated heterocycles. The number of carboxylic acid groups (broad SMARTS) is 1. The van der Waals surface area contributed by atoms with Crippen LogP contribution in [-0.2, 0) is 14.3 Å². The van der Waals surface area contributed by atoms with Gasteiger partial charge in [0.05, 0.1) is 25.1 Å². The second-order valence-electron chi connectivity index (χ2n) is 5.16. The molecule has 2 fully saturated rings. The van der Waals surface area contributed by atoms with Gasteiger partial charge in [0.25, 0.3) is 0 Å². The summed E-state index contributed by atoms with van der Waals surface area (Å²) in [5.74, 6) is -1.11. The van der Waals surface area contributed by atoms with Crippen LogP contribution in [-0.4, -0.2) is 47.7 Å². The second kappa shape index (κ2) is 6.02. The van der Waals surface area contributed by atoms with Crippen molar-refractivity contribution in [1.82, 2.24) is 4.90 Å². The van der Waals surface area contributed by atoms with Crippen LogP contribution in [0.5, 0.6) is 0 Å². The molecular weight excluding hydrogens is 248 g/mol. The van der Waals surface area contributed by atoms with E-state index in [1.54, 1.807) is 4.90 Å². The summed E-state index contributed by atoms with van der Waals surface area (Å²) in [7, 11) is 0. The Morgan fingerprint density at radius 3 is 2.42 bits per heavy atom. The zero-order chi connectivity index (χ0) is 13.8. The van der Waals surface area contributed by atoms with Gasteiger partial charge in [-0.2, -0.15) is 5.26 Å². The standard InChI is InChI=1S/C13H18N2O4/c14-7-11-8-15(5-6-19-11)12(16)9-1-3-10(4-2-9)13(17)18/h9-11H,1-6,8H2,(H,17,18). The fourth-order valence-electron chi connectivity index (χ4n) is 2.77. The fourth-order valence-corrected chi connectivity index (χ4v) is 2.77. The lowest BCUT2D eigenvalue weighted by atomic mass is 9.81. The Kier molecular flexibility index (Phi) is 4.38. The fraction of sp³-hybridized carbons (Fsp3) is 0.769. The van der Waals surface area contributed by atoms with Gasteiger partial charge in [0.2, 0.25) is 5.91 Å². The number of carbonyl (C=O) groups excluding carboxylic acids is 1. The van der Waals surface area contributed by atoms with Crippen LogP contribution in [0.2, 0.25) is 0 Å². The van der Waals surface area contributed by atoms with E-state index in [4.69, 9.17) is 15.1 Å². The molecule has 6 heteroatoms. The Hall–Kier alpha value is -1.61. The highest BCUT2D eigenvalue weighted by atomic mass is 16.5. The molecule has 0 bridgehead atoms. The summed E-state index contributed by atoms with van der Waals surface area (Å²) in [6.07, 6.45) is 1.86. The van der Waals surface area contributed by atoms with Gasteiger partial charge in [0.1, 0.15) is 0 Å². The summed E-state index contributed by atoms with van der Waals surface area (Å²) in [5, 5.41) is 17.7. The minimum atomic E-state index is -0.762. The van der Waals surface area contributed by atoms with Gasteiger partial charge in [-0.1, -0.05) is 0 Å². The Morgan fingerprint density at radius 2 is 1.84 bits per heavy atom. The average Bonchev–Trinajstić information content (AvgIpc) is 2.46. The molecule has 1 atom stereocenters. The smallest absolute Gasteiger partial charge is 0.306 e. The highest BCUT2D eigenvalue weighted by Gasteiger charge is 2.33. The van der Waals surface area contributed by atoms with Gasteiger partial charge in [-0.05, 0) is 25.7 Å². The van der Waals surface area contributed by atoms with E-state index >= 15 is 0 Å². The predicted octanol–water partition coefficient (Wildman–Crippen LogP) is 0.628. The summed E-state index contributed by atoms with van der Waals surface area (Å²) in [5.41, 5.74) is 0. The molecular formula is C13H18N2O4. The molecule has 1 aliphatic heterocycles. The molecule has 0 aromatic rings. The minimum absolute atomic E-state index is 0.0485. The maximum Gasteiger partial charge on any atom is 0.306 e. The van der Waals surface area contributed by atoms with Gasteiger partial charge >= 0.3 is 5.97 Å². The zero-order valence-electron chi connectivity index (χ0n) is 10.7. The number of morpholine rings is 1. The van der Waals surface area contributed by atoms with E-state index in [0.717, 1.165) is 0 Å². The number of nitriles is 1. The molecule has 6 nitrogen and oxygen atoms in total. The van der Waals surface area contributed by atoms with E-state index in [2.05, 4.69) is 0 Å². The van der Waals surface area contributed by atoms with Crippen LogP contribution in [0.25, 0.3) is 0 Å². The van der Waals surface area contributed by atoms with Crippen molar-refractivity contribution in [2.45, 2.75) is 31.8 Å². The monoisotopic (exact) mass is 266 g/mol. The Bertz CT molecular complexity index is 396. The van der Waals surface area contributed by atoms with Gasteiger partial charge in [-0.15, -0.1) is 0 Å². The van der Waals surface area contributed by atoms with Crippen LogP contribution in [0.1, 0.15) is 25.7 Å². The van der Waals surface area contributed by atoms with Crippen LogP contribution >= 0.6 is 0 Å². The van der Waals surface area contributed by atoms with Crippen LogP contribution in [0.15, 0.2) is 0 Å². The van der Waals surface area contributed by atoms with E-state index in [-0.39, 0.29) is 17.7 Å². The van der Waals surface area contributed by atoms with Gasteiger partial charge in [0.15, 0.2) is 6.10 Å². The number of ether oxygens (including phenoxy) is 1. The molecule has 1 N–H and O–H groups in total. The predicted molar refractivity (Wildman–Crippen MR) is 65.0 cm³/mol. The highest BCUT2D eigenvalue weighted by molar-refractivity contribution is 5.79. The maximum atomic E-state index is 12.3. The van der Waals surface area contributed by atoms with Crippen molar-refractivity contribution < 1.29 is 19.4 Å². The summed E-state index contributed by atoms with van der Waals surface area (Å²) in [4.78, 5) is 24.9. The van der Waals surface area contributed by atoms with Crippen LogP contribution in [0, 0.1) is 23.2 Å². The van der Waals surface area contributed by atoms with Crippen molar-refractivity contribution in [3.05, 3.63) is 0 Å². The summed E-state index contributed by atoms with van der Waals surface area (Å²) in [6.45, 7) is 1.25. The van der Waals surface area contributed by atoms with E-state index in [9.17, 15) is 9.59 Å². The molecule has 2 aliphatic rings. The van der Waals surface area contributed by atoms with Crippen LogP contribution < -0.4 is 0 Å². The van der Waals surface area contributed by atoms with Crippen molar-refractivity contribution in [2.24, 2.45) is 11.8 Å². The molecule has 104 valence electrons.